The third kappa shape index (κ3) is 3.01. The molecule has 0 heterocycles. The molecule has 1 aromatic carbocycles. The zero-order chi connectivity index (χ0) is 13.2. The fraction of sp³-hybridized carbons (Fsp3) is 0.417. The summed E-state index contributed by atoms with van der Waals surface area (Å²) in [5, 5.41) is 0. The predicted molar refractivity (Wildman–Crippen MR) is 56.6 cm³/mol. The first kappa shape index (κ1) is 12.9. The number of Topliss-reactive ketones (excluding diaryl/α,β-unsaturated/α-hetero) is 1. The van der Waals surface area contributed by atoms with Crippen LogP contribution >= 0.6 is 0 Å². The molecule has 0 aromatic heterocycles. The highest BCUT2D eigenvalue weighted by molar-refractivity contribution is 6.01. The summed E-state index contributed by atoms with van der Waals surface area (Å²) in [7, 11) is 0. The van der Waals surface area contributed by atoms with E-state index >= 15 is 0 Å². The number of carbonyl (C=O) groups excluding carboxylic acids is 1. The Kier molecular flexibility index (Phi) is 3.56. The van der Waals surface area contributed by atoms with Crippen LogP contribution < -0.4 is 4.74 Å². The highest BCUT2D eigenvalue weighted by Gasteiger charge is 2.29. The Bertz CT molecular complexity index is 454. The maximum absolute atomic E-state index is 11.7. The second kappa shape index (κ2) is 4.97. The lowest BCUT2D eigenvalue weighted by Gasteiger charge is -2.11. The summed E-state index contributed by atoms with van der Waals surface area (Å²) < 4.78 is 44.0. The van der Waals surface area contributed by atoms with Gasteiger partial charge in [0, 0.05) is 17.5 Å². The fourth-order valence-corrected chi connectivity index (χ4v) is 1.90. The summed E-state index contributed by atoms with van der Waals surface area (Å²) in [6.45, 7) is -0.773. The largest absolute Gasteiger partial charge is 0.522 e. The molecule has 98 valence electrons. The van der Waals surface area contributed by atoms with Crippen LogP contribution in [0.2, 0.25) is 0 Å². The number of alkyl halides is 3. The van der Waals surface area contributed by atoms with E-state index in [1.165, 1.54) is 0 Å². The van der Waals surface area contributed by atoms with Crippen LogP contribution in [0.15, 0.2) is 18.2 Å². The van der Waals surface area contributed by atoms with Crippen LogP contribution in [0.25, 0.3) is 0 Å². The van der Waals surface area contributed by atoms with E-state index < -0.39 is 13.0 Å². The number of ketones is 1. The van der Waals surface area contributed by atoms with E-state index in [4.69, 9.17) is 4.74 Å². The van der Waals surface area contributed by atoms with Gasteiger partial charge in [-0.05, 0) is 12.5 Å². The maximum Gasteiger partial charge on any atom is 0.522 e. The van der Waals surface area contributed by atoms with E-state index in [2.05, 4.69) is 4.74 Å². The van der Waals surface area contributed by atoms with E-state index in [0.29, 0.717) is 24.2 Å². The van der Waals surface area contributed by atoms with Gasteiger partial charge in [0.05, 0.1) is 6.61 Å². The van der Waals surface area contributed by atoms with Crippen molar-refractivity contribution in [2.24, 2.45) is 0 Å². The first-order valence-corrected chi connectivity index (χ1v) is 5.46. The lowest BCUT2D eigenvalue weighted by Crippen LogP contribution is -2.18. The van der Waals surface area contributed by atoms with E-state index in [9.17, 15) is 18.0 Å². The van der Waals surface area contributed by atoms with Gasteiger partial charge in [0.25, 0.3) is 0 Å². The molecule has 0 fully saturated rings. The molecule has 0 bridgehead atoms. The Morgan fingerprint density at radius 3 is 2.67 bits per heavy atom. The third-order valence-electron chi connectivity index (χ3n) is 2.64. The lowest BCUT2D eigenvalue weighted by molar-refractivity contribution is -0.325. The van der Waals surface area contributed by atoms with Gasteiger partial charge >= 0.3 is 6.36 Å². The van der Waals surface area contributed by atoms with Gasteiger partial charge < -0.3 is 4.74 Å². The van der Waals surface area contributed by atoms with Crippen LogP contribution in [-0.2, 0) is 11.2 Å². The number of fused-ring (bicyclic) bond motifs is 1. The maximum atomic E-state index is 11.7. The summed E-state index contributed by atoms with van der Waals surface area (Å²) in [5.74, 6) is 0.506. The highest BCUT2D eigenvalue weighted by atomic mass is 19.4. The molecule has 0 saturated carbocycles. The first-order valence-electron chi connectivity index (χ1n) is 5.46. The molecule has 0 saturated heterocycles. The van der Waals surface area contributed by atoms with Crippen LogP contribution in [0.3, 0.4) is 0 Å². The molecule has 0 unspecified atom stereocenters. The molecule has 1 aliphatic rings. The van der Waals surface area contributed by atoms with Crippen molar-refractivity contribution in [3.63, 3.8) is 0 Å². The number of halogens is 3. The quantitative estimate of drug-likeness (QED) is 0.781. The molecule has 0 N–H and O–H groups in total. The molecule has 1 aromatic rings. The molecular formula is C12H11F3O3. The molecule has 0 atom stereocenters. The standard InChI is InChI=1S/C12H11F3O3/c13-12(14,15)18-7-6-17-11-3-1-2-8-9(11)4-5-10(8)16/h1-3H,4-7H2. The van der Waals surface area contributed by atoms with E-state index in [0.717, 1.165) is 5.56 Å². The normalized spacial score (nSPS) is 14.7. The minimum atomic E-state index is -4.64. The van der Waals surface area contributed by atoms with Crippen molar-refractivity contribution in [2.45, 2.75) is 19.2 Å². The average molecular weight is 260 g/mol. The number of hydrogen-bond acceptors (Lipinski definition) is 3. The lowest BCUT2D eigenvalue weighted by atomic mass is 10.1. The SMILES string of the molecule is O=C1CCc2c(OCCOC(F)(F)F)cccc21. The van der Waals surface area contributed by atoms with Gasteiger partial charge in [0.2, 0.25) is 0 Å². The molecule has 3 nitrogen and oxygen atoms in total. The molecule has 18 heavy (non-hydrogen) atoms. The second-order valence-corrected chi connectivity index (χ2v) is 3.85. The van der Waals surface area contributed by atoms with E-state index in [-0.39, 0.29) is 12.4 Å². The van der Waals surface area contributed by atoms with Gasteiger partial charge in [-0.15, -0.1) is 13.2 Å². The van der Waals surface area contributed by atoms with Crippen molar-refractivity contribution in [1.29, 1.82) is 0 Å². The number of rotatable bonds is 4. The monoisotopic (exact) mass is 260 g/mol. The van der Waals surface area contributed by atoms with Gasteiger partial charge in [-0.25, -0.2) is 0 Å². The molecule has 6 heteroatoms. The second-order valence-electron chi connectivity index (χ2n) is 3.85. The Hall–Kier alpha value is -1.56. The number of benzene rings is 1. The van der Waals surface area contributed by atoms with Gasteiger partial charge in [-0.3, -0.25) is 9.53 Å². The summed E-state index contributed by atoms with van der Waals surface area (Å²) in [4.78, 5) is 11.5. The molecule has 0 aliphatic heterocycles. The molecule has 2 rings (SSSR count). The summed E-state index contributed by atoms with van der Waals surface area (Å²) in [6, 6.07) is 5.00. The summed E-state index contributed by atoms with van der Waals surface area (Å²) in [5.41, 5.74) is 1.37. The van der Waals surface area contributed by atoms with E-state index in [1.807, 2.05) is 0 Å². The van der Waals surface area contributed by atoms with Crippen molar-refractivity contribution in [3.8, 4) is 5.75 Å². The van der Waals surface area contributed by atoms with Crippen molar-refractivity contribution >= 4 is 5.78 Å². The van der Waals surface area contributed by atoms with Crippen molar-refractivity contribution in [2.75, 3.05) is 13.2 Å². The predicted octanol–water partition coefficient (Wildman–Crippen LogP) is 2.73. The minimum absolute atomic E-state index is 0.0435. The van der Waals surface area contributed by atoms with Gasteiger partial charge in [-0.2, -0.15) is 0 Å². The topological polar surface area (TPSA) is 35.5 Å². The van der Waals surface area contributed by atoms with Crippen LogP contribution in [0.4, 0.5) is 13.2 Å². The molecule has 0 radical (unpaired) electrons. The molecule has 0 amide bonds. The summed E-state index contributed by atoms with van der Waals surface area (Å²) >= 11 is 0. The van der Waals surface area contributed by atoms with Gasteiger partial charge in [0.15, 0.2) is 5.78 Å². The first-order chi connectivity index (χ1) is 8.47. The Balaban J connectivity index is 1.93. The zero-order valence-corrected chi connectivity index (χ0v) is 9.42. The van der Waals surface area contributed by atoms with Crippen LogP contribution in [0, 0.1) is 0 Å². The number of hydrogen-bond donors (Lipinski definition) is 0. The van der Waals surface area contributed by atoms with Gasteiger partial charge in [-0.1, -0.05) is 12.1 Å². The van der Waals surface area contributed by atoms with Crippen molar-refractivity contribution in [1.82, 2.24) is 0 Å². The molecule has 1 aliphatic carbocycles. The average Bonchev–Trinajstić information content (AvgIpc) is 2.67. The Labute approximate surface area is 102 Å². The fourth-order valence-electron chi connectivity index (χ4n) is 1.90. The Morgan fingerprint density at radius 1 is 1.17 bits per heavy atom. The van der Waals surface area contributed by atoms with Gasteiger partial charge in [0.1, 0.15) is 12.4 Å². The third-order valence-corrected chi connectivity index (χ3v) is 2.64. The number of carbonyl (C=O) groups is 1. The zero-order valence-electron chi connectivity index (χ0n) is 9.42. The van der Waals surface area contributed by atoms with E-state index in [1.54, 1.807) is 18.2 Å². The summed E-state index contributed by atoms with van der Waals surface area (Å²) in [6.07, 6.45) is -3.64. The minimum Gasteiger partial charge on any atom is -0.491 e. The van der Waals surface area contributed by atoms with Crippen LogP contribution in [0.1, 0.15) is 22.3 Å². The van der Waals surface area contributed by atoms with Crippen LogP contribution in [-0.4, -0.2) is 25.4 Å². The molecule has 0 spiro atoms. The smallest absolute Gasteiger partial charge is 0.491 e. The van der Waals surface area contributed by atoms with Crippen molar-refractivity contribution in [3.05, 3.63) is 29.3 Å². The Morgan fingerprint density at radius 2 is 1.94 bits per heavy atom. The highest BCUT2D eigenvalue weighted by Crippen LogP contribution is 2.30. The van der Waals surface area contributed by atoms with Crippen molar-refractivity contribution < 1.29 is 27.4 Å². The number of ether oxygens (including phenoxy) is 2. The van der Waals surface area contributed by atoms with Crippen LogP contribution in [0.5, 0.6) is 5.75 Å². The molecular weight excluding hydrogens is 249 g/mol.